The molecule has 0 saturated heterocycles. The molecule has 1 unspecified atom stereocenters. The molecule has 0 radical (unpaired) electrons. The van der Waals surface area contributed by atoms with E-state index in [1.807, 2.05) is 6.92 Å². The molecule has 0 aromatic heterocycles. The molecule has 98 valence electrons. The summed E-state index contributed by atoms with van der Waals surface area (Å²) in [5.41, 5.74) is 5.44. The minimum absolute atomic E-state index is 0.183. The first-order valence-electron chi connectivity index (χ1n) is 6.94. The Morgan fingerprint density at radius 3 is 2.18 bits per heavy atom. The van der Waals surface area contributed by atoms with Crippen LogP contribution in [0, 0.1) is 11.8 Å². The maximum atomic E-state index is 11.4. The standard InChI is InChI=1S/C13H25N3O/c1-2-15-12(13(14)17)9-16(7-10-3-4-10)8-11-5-6-11/h10-12,15H,2-9H2,1H3,(H2,14,17). The van der Waals surface area contributed by atoms with Gasteiger partial charge in [-0.3, -0.25) is 4.79 Å². The van der Waals surface area contributed by atoms with Gasteiger partial charge in [-0.05, 0) is 44.1 Å². The Kier molecular flexibility index (Phi) is 4.40. The van der Waals surface area contributed by atoms with Crippen molar-refractivity contribution in [2.24, 2.45) is 17.6 Å². The lowest BCUT2D eigenvalue weighted by Crippen LogP contribution is -2.49. The Morgan fingerprint density at radius 2 is 1.82 bits per heavy atom. The summed E-state index contributed by atoms with van der Waals surface area (Å²) in [6.45, 7) is 5.92. The van der Waals surface area contributed by atoms with Gasteiger partial charge in [0.05, 0.1) is 6.04 Å². The monoisotopic (exact) mass is 239 g/mol. The Hall–Kier alpha value is -0.610. The second-order valence-corrected chi connectivity index (χ2v) is 5.62. The zero-order chi connectivity index (χ0) is 12.3. The van der Waals surface area contributed by atoms with Crippen LogP contribution in [0.3, 0.4) is 0 Å². The fraction of sp³-hybridized carbons (Fsp3) is 0.923. The summed E-state index contributed by atoms with van der Waals surface area (Å²) >= 11 is 0. The average molecular weight is 239 g/mol. The first kappa shape index (κ1) is 12.8. The highest BCUT2D eigenvalue weighted by molar-refractivity contribution is 5.80. The van der Waals surface area contributed by atoms with Crippen molar-refractivity contribution in [3.8, 4) is 0 Å². The maximum absolute atomic E-state index is 11.4. The van der Waals surface area contributed by atoms with E-state index in [0.717, 1.165) is 38.0 Å². The van der Waals surface area contributed by atoms with Crippen LogP contribution in [0.5, 0.6) is 0 Å². The van der Waals surface area contributed by atoms with Crippen LogP contribution in [-0.2, 0) is 4.79 Å². The molecule has 17 heavy (non-hydrogen) atoms. The van der Waals surface area contributed by atoms with Crippen LogP contribution in [-0.4, -0.2) is 43.0 Å². The average Bonchev–Trinajstić information content (AvgIpc) is 3.12. The lowest BCUT2D eigenvalue weighted by Gasteiger charge is -2.26. The molecule has 0 aromatic rings. The van der Waals surface area contributed by atoms with Gasteiger partial charge in [-0.15, -0.1) is 0 Å². The molecule has 0 heterocycles. The summed E-state index contributed by atoms with van der Waals surface area (Å²) in [4.78, 5) is 13.8. The van der Waals surface area contributed by atoms with Crippen molar-refractivity contribution >= 4 is 5.91 Å². The highest BCUT2D eigenvalue weighted by Gasteiger charge is 2.30. The molecule has 0 aliphatic heterocycles. The van der Waals surface area contributed by atoms with Gasteiger partial charge < -0.3 is 16.0 Å². The quantitative estimate of drug-likeness (QED) is 0.618. The van der Waals surface area contributed by atoms with Gasteiger partial charge in [0.15, 0.2) is 0 Å². The van der Waals surface area contributed by atoms with Crippen molar-refractivity contribution in [3.05, 3.63) is 0 Å². The Labute approximate surface area is 104 Å². The summed E-state index contributed by atoms with van der Waals surface area (Å²) in [5, 5.41) is 3.18. The first-order chi connectivity index (χ1) is 8.19. The van der Waals surface area contributed by atoms with Crippen LogP contribution in [0.2, 0.25) is 0 Å². The van der Waals surface area contributed by atoms with Crippen LogP contribution < -0.4 is 11.1 Å². The molecular weight excluding hydrogens is 214 g/mol. The van der Waals surface area contributed by atoms with Gasteiger partial charge in [-0.25, -0.2) is 0 Å². The molecule has 3 N–H and O–H groups in total. The smallest absolute Gasteiger partial charge is 0.235 e. The summed E-state index contributed by atoms with van der Waals surface area (Å²) in [5.74, 6) is 1.54. The topological polar surface area (TPSA) is 58.4 Å². The number of primary amides is 1. The lowest BCUT2D eigenvalue weighted by molar-refractivity contribution is -0.120. The van der Waals surface area contributed by atoms with E-state index in [0.29, 0.717) is 0 Å². The summed E-state index contributed by atoms with van der Waals surface area (Å²) < 4.78 is 0. The third kappa shape index (κ3) is 4.64. The minimum atomic E-state index is -0.219. The highest BCUT2D eigenvalue weighted by atomic mass is 16.1. The van der Waals surface area contributed by atoms with Gasteiger partial charge in [0.1, 0.15) is 0 Å². The van der Waals surface area contributed by atoms with Gasteiger partial charge in [0.25, 0.3) is 0 Å². The number of hydrogen-bond donors (Lipinski definition) is 2. The molecule has 2 saturated carbocycles. The van der Waals surface area contributed by atoms with E-state index in [1.165, 1.54) is 25.7 Å². The predicted octanol–water partition coefficient (Wildman–Crippen LogP) is 0.572. The molecule has 1 amide bonds. The van der Waals surface area contributed by atoms with Gasteiger partial charge in [0, 0.05) is 19.6 Å². The van der Waals surface area contributed by atoms with Crippen molar-refractivity contribution in [3.63, 3.8) is 0 Å². The number of carbonyl (C=O) groups excluding carboxylic acids is 1. The molecular formula is C13H25N3O. The molecule has 2 fully saturated rings. The van der Waals surface area contributed by atoms with E-state index in [2.05, 4.69) is 10.2 Å². The fourth-order valence-electron chi connectivity index (χ4n) is 2.31. The number of hydrogen-bond acceptors (Lipinski definition) is 3. The lowest BCUT2D eigenvalue weighted by atomic mass is 10.2. The van der Waals surface area contributed by atoms with Crippen LogP contribution in [0.25, 0.3) is 0 Å². The van der Waals surface area contributed by atoms with Gasteiger partial charge in [0.2, 0.25) is 5.91 Å². The van der Waals surface area contributed by atoms with Gasteiger partial charge in [-0.1, -0.05) is 6.92 Å². The number of rotatable bonds is 9. The largest absolute Gasteiger partial charge is 0.368 e. The van der Waals surface area contributed by atoms with E-state index in [4.69, 9.17) is 5.73 Å². The number of likely N-dealkylation sites (N-methyl/N-ethyl adjacent to an activating group) is 1. The third-order valence-electron chi connectivity index (χ3n) is 3.66. The molecule has 2 aliphatic carbocycles. The van der Waals surface area contributed by atoms with E-state index < -0.39 is 0 Å². The number of nitrogens with zero attached hydrogens (tertiary/aromatic N) is 1. The SMILES string of the molecule is CCNC(CN(CC1CC1)CC1CC1)C(N)=O. The van der Waals surface area contributed by atoms with Crippen molar-refractivity contribution in [2.75, 3.05) is 26.2 Å². The molecule has 0 bridgehead atoms. The van der Waals surface area contributed by atoms with Gasteiger partial charge in [-0.2, -0.15) is 0 Å². The first-order valence-corrected chi connectivity index (χ1v) is 6.94. The number of carbonyl (C=O) groups is 1. The maximum Gasteiger partial charge on any atom is 0.235 e. The van der Waals surface area contributed by atoms with Crippen molar-refractivity contribution in [2.45, 2.75) is 38.6 Å². The molecule has 1 atom stereocenters. The number of nitrogens with two attached hydrogens (primary N) is 1. The minimum Gasteiger partial charge on any atom is -0.368 e. The van der Waals surface area contributed by atoms with Crippen molar-refractivity contribution < 1.29 is 4.79 Å². The zero-order valence-corrected chi connectivity index (χ0v) is 10.8. The van der Waals surface area contributed by atoms with Crippen molar-refractivity contribution in [1.29, 1.82) is 0 Å². The molecule has 0 spiro atoms. The highest BCUT2D eigenvalue weighted by Crippen LogP contribution is 2.33. The third-order valence-corrected chi connectivity index (χ3v) is 3.66. The van der Waals surface area contributed by atoms with E-state index in [-0.39, 0.29) is 11.9 Å². The van der Waals surface area contributed by atoms with Crippen molar-refractivity contribution in [1.82, 2.24) is 10.2 Å². The van der Waals surface area contributed by atoms with E-state index >= 15 is 0 Å². The number of amides is 1. The second-order valence-electron chi connectivity index (χ2n) is 5.62. The summed E-state index contributed by atoms with van der Waals surface area (Å²) in [7, 11) is 0. The van der Waals surface area contributed by atoms with Crippen LogP contribution >= 0.6 is 0 Å². The normalized spacial score (nSPS) is 21.8. The summed E-state index contributed by atoms with van der Waals surface area (Å²) in [6.07, 6.45) is 5.46. The van der Waals surface area contributed by atoms with Gasteiger partial charge >= 0.3 is 0 Å². The molecule has 4 heteroatoms. The molecule has 0 aromatic carbocycles. The van der Waals surface area contributed by atoms with E-state index in [9.17, 15) is 4.79 Å². The Bertz CT molecular complexity index is 247. The second kappa shape index (κ2) is 5.83. The predicted molar refractivity (Wildman–Crippen MR) is 68.5 cm³/mol. The fourth-order valence-corrected chi connectivity index (χ4v) is 2.31. The Morgan fingerprint density at radius 1 is 1.29 bits per heavy atom. The van der Waals surface area contributed by atoms with Crippen LogP contribution in [0.15, 0.2) is 0 Å². The summed E-state index contributed by atoms with van der Waals surface area (Å²) in [6, 6.07) is -0.183. The Balaban J connectivity index is 1.81. The van der Waals surface area contributed by atoms with Crippen LogP contribution in [0.4, 0.5) is 0 Å². The molecule has 4 nitrogen and oxygen atoms in total. The van der Waals surface area contributed by atoms with E-state index in [1.54, 1.807) is 0 Å². The zero-order valence-electron chi connectivity index (χ0n) is 10.8. The molecule has 2 aliphatic rings. The number of nitrogens with one attached hydrogen (secondary N) is 1. The molecule has 2 rings (SSSR count). The van der Waals surface area contributed by atoms with Crippen LogP contribution in [0.1, 0.15) is 32.6 Å².